The number of hydrogen-bond donors (Lipinski definition) is 1. The summed E-state index contributed by atoms with van der Waals surface area (Å²) in [6.07, 6.45) is 0. The van der Waals surface area contributed by atoms with Gasteiger partial charge in [-0.2, -0.15) is 0 Å². The van der Waals surface area contributed by atoms with E-state index in [1.54, 1.807) is 0 Å². The minimum atomic E-state index is 0.780. The molecule has 0 saturated heterocycles. The number of hydrogen-bond acceptors (Lipinski definition) is 1. The van der Waals surface area contributed by atoms with E-state index in [1.165, 1.54) is 11.1 Å². The Bertz CT molecular complexity index is 735. The smallest absolute Gasteiger partial charge is 0.0405 e. The molecule has 0 aliphatic heterocycles. The molecule has 2 N–H and O–H groups in total. The molecule has 0 radical (unpaired) electrons. The van der Waals surface area contributed by atoms with Crippen molar-refractivity contribution in [1.82, 2.24) is 0 Å². The summed E-state index contributed by atoms with van der Waals surface area (Å²) in [6.45, 7) is 0. The van der Waals surface area contributed by atoms with E-state index in [2.05, 4.69) is 64.5 Å². The first kappa shape index (κ1) is 12.9. The van der Waals surface area contributed by atoms with Crippen LogP contribution in [-0.4, -0.2) is 0 Å². The number of nitrogen functional groups attached to an aromatic ring is 1. The van der Waals surface area contributed by atoms with Gasteiger partial charge in [-0.05, 0) is 28.8 Å². The quantitative estimate of drug-likeness (QED) is 0.631. The van der Waals surface area contributed by atoms with Gasteiger partial charge in [0.05, 0.1) is 0 Å². The second kappa shape index (κ2) is 5.51. The Kier molecular flexibility index (Phi) is 3.57. The lowest BCUT2D eigenvalue weighted by molar-refractivity contribution is 1.56. The predicted molar refractivity (Wildman–Crippen MR) is 89.4 cm³/mol. The van der Waals surface area contributed by atoms with Crippen molar-refractivity contribution in [2.75, 3.05) is 5.73 Å². The average molecular weight is 324 g/mol. The van der Waals surface area contributed by atoms with E-state index >= 15 is 0 Å². The third-order valence-electron chi connectivity index (χ3n) is 3.32. The molecule has 3 rings (SSSR count). The topological polar surface area (TPSA) is 26.0 Å². The van der Waals surface area contributed by atoms with Gasteiger partial charge in [0.1, 0.15) is 0 Å². The third-order valence-corrected chi connectivity index (χ3v) is 3.81. The van der Waals surface area contributed by atoms with Crippen molar-refractivity contribution in [3.05, 3.63) is 77.3 Å². The van der Waals surface area contributed by atoms with Crippen molar-refractivity contribution in [2.24, 2.45) is 0 Å². The van der Waals surface area contributed by atoms with Gasteiger partial charge in [-0.1, -0.05) is 76.6 Å². The molecule has 0 atom stereocenters. The highest BCUT2D eigenvalue weighted by Gasteiger charge is 2.09. The molecule has 0 bridgehead atoms. The minimum absolute atomic E-state index is 0.780. The summed E-state index contributed by atoms with van der Waals surface area (Å²) in [6, 6.07) is 24.7. The number of halogens is 1. The molecule has 0 spiro atoms. The van der Waals surface area contributed by atoms with Crippen molar-refractivity contribution in [3.63, 3.8) is 0 Å². The first-order valence-corrected chi connectivity index (χ1v) is 7.25. The Labute approximate surface area is 127 Å². The van der Waals surface area contributed by atoms with Crippen molar-refractivity contribution in [1.29, 1.82) is 0 Å². The standard InChI is InChI=1S/C18H14BrN/c19-14-10-11-17(18(20)12-14)16-9-5-4-8-15(16)13-6-2-1-3-7-13/h1-12H,20H2. The van der Waals surface area contributed by atoms with Crippen LogP contribution in [0.5, 0.6) is 0 Å². The van der Waals surface area contributed by atoms with Crippen LogP contribution in [0, 0.1) is 0 Å². The summed E-state index contributed by atoms with van der Waals surface area (Å²) < 4.78 is 0.996. The highest BCUT2D eigenvalue weighted by Crippen LogP contribution is 2.35. The van der Waals surface area contributed by atoms with Gasteiger partial charge in [0.25, 0.3) is 0 Å². The number of nitrogens with two attached hydrogens (primary N) is 1. The van der Waals surface area contributed by atoms with E-state index in [-0.39, 0.29) is 0 Å². The summed E-state index contributed by atoms with van der Waals surface area (Å²) in [7, 11) is 0. The molecule has 0 aliphatic rings. The fraction of sp³-hybridized carbons (Fsp3) is 0. The zero-order chi connectivity index (χ0) is 13.9. The lowest BCUT2D eigenvalue weighted by atomic mass is 9.94. The van der Waals surface area contributed by atoms with Crippen molar-refractivity contribution in [2.45, 2.75) is 0 Å². The fourth-order valence-electron chi connectivity index (χ4n) is 2.37. The van der Waals surface area contributed by atoms with E-state index in [9.17, 15) is 0 Å². The van der Waals surface area contributed by atoms with E-state index in [0.29, 0.717) is 0 Å². The maximum Gasteiger partial charge on any atom is 0.0405 e. The molecule has 0 unspecified atom stereocenters. The molecular formula is C18H14BrN. The maximum atomic E-state index is 6.17. The van der Waals surface area contributed by atoms with Gasteiger partial charge >= 0.3 is 0 Å². The van der Waals surface area contributed by atoms with Gasteiger partial charge in [0.15, 0.2) is 0 Å². The molecule has 0 aromatic heterocycles. The second-order valence-corrected chi connectivity index (χ2v) is 5.56. The molecule has 0 fully saturated rings. The number of anilines is 1. The monoisotopic (exact) mass is 323 g/mol. The Hall–Kier alpha value is -2.06. The van der Waals surface area contributed by atoms with Crippen molar-refractivity contribution in [3.8, 4) is 22.3 Å². The summed E-state index contributed by atoms with van der Waals surface area (Å²) in [5.74, 6) is 0. The molecular weight excluding hydrogens is 310 g/mol. The van der Waals surface area contributed by atoms with E-state index in [4.69, 9.17) is 5.73 Å². The highest BCUT2D eigenvalue weighted by molar-refractivity contribution is 9.10. The molecule has 98 valence electrons. The summed E-state index contributed by atoms with van der Waals surface area (Å²) >= 11 is 3.45. The number of rotatable bonds is 2. The molecule has 0 saturated carbocycles. The van der Waals surface area contributed by atoms with Gasteiger partial charge < -0.3 is 5.73 Å². The lowest BCUT2D eigenvalue weighted by Crippen LogP contribution is -1.92. The SMILES string of the molecule is Nc1cc(Br)ccc1-c1ccccc1-c1ccccc1. The van der Waals surface area contributed by atoms with Gasteiger partial charge in [0, 0.05) is 15.7 Å². The average Bonchev–Trinajstić information content (AvgIpc) is 2.48. The molecule has 3 aromatic carbocycles. The van der Waals surface area contributed by atoms with Crippen LogP contribution >= 0.6 is 15.9 Å². The minimum Gasteiger partial charge on any atom is -0.398 e. The van der Waals surface area contributed by atoms with E-state index < -0.39 is 0 Å². The van der Waals surface area contributed by atoms with Crippen molar-refractivity contribution < 1.29 is 0 Å². The van der Waals surface area contributed by atoms with Gasteiger partial charge in [-0.15, -0.1) is 0 Å². The molecule has 2 heteroatoms. The van der Waals surface area contributed by atoms with Crippen LogP contribution in [0.2, 0.25) is 0 Å². The Morgan fingerprint density at radius 2 is 1.30 bits per heavy atom. The fourth-order valence-corrected chi connectivity index (χ4v) is 2.75. The zero-order valence-electron chi connectivity index (χ0n) is 10.9. The van der Waals surface area contributed by atoms with E-state index in [0.717, 1.165) is 21.3 Å². The molecule has 1 nitrogen and oxygen atoms in total. The second-order valence-electron chi connectivity index (χ2n) is 4.64. The predicted octanol–water partition coefficient (Wildman–Crippen LogP) is 5.37. The Morgan fingerprint density at radius 1 is 0.650 bits per heavy atom. The van der Waals surface area contributed by atoms with E-state index in [1.807, 2.05) is 24.3 Å². The van der Waals surface area contributed by atoms with Gasteiger partial charge in [0.2, 0.25) is 0 Å². The van der Waals surface area contributed by atoms with Crippen LogP contribution in [0.4, 0.5) is 5.69 Å². The highest BCUT2D eigenvalue weighted by atomic mass is 79.9. The summed E-state index contributed by atoms with van der Waals surface area (Å²) in [5, 5.41) is 0. The molecule has 0 amide bonds. The lowest BCUT2D eigenvalue weighted by Gasteiger charge is -2.12. The van der Waals surface area contributed by atoms with Crippen LogP contribution in [0.1, 0.15) is 0 Å². The maximum absolute atomic E-state index is 6.17. The van der Waals surface area contributed by atoms with Gasteiger partial charge in [-0.25, -0.2) is 0 Å². The normalized spacial score (nSPS) is 10.4. The largest absolute Gasteiger partial charge is 0.398 e. The van der Waals surface area contributed by atoms with Crippen LogP contribution in [-0.2, 0) is 0 Å². The molecule has 0 heterocycles. The Morgan fingerprint density at radius 3 is 2.00 bits per heavy atom. The van der Waals surface area contributed by atoms with Crippen LogP contribution in [0.15, 0.2) is 77.3 Å². The van der Waals surface area contributed by atoms with Crippen molar-refractivity contribution >= 4 is 21.6 Å². The zero-order valence-corrected chi connectivity index (χ0v) is 12.5. The summed E-state index contributed by atoms with van der Waals surface area (Å²) in [4.78, 5) is 0. The first-order valence-electron chi connectivity index (χ1n) is 6.45. The Balaban J connectivity index is 2.20. The molecule has 3 aromatic rings. The third kappa shape index (κ3) is 2.47. The summed E-state index contributed by atoms with van der Waals surface area (Å²) in [5.41, 5.74) is 11.6. The van der Waals surface area contributed by atoms with Crippen LogP contribution in [0.25, 0.3) is 22.3 Å². The van der Waals surface area contributed by atoms with Gasteiger partial charge in [-0.3, -0.25) is 0 Å². The molecule has 20 heavy (non-hydrogen) atoms. The first-order chi connectivity index (χ1) is 9.75. The molecule has 0 aliphatic carbocycles. The van der Waals surface area contributed by atoms with Crippen LogP contribution in [0.3, 0.4) is 0 Å². The number of benzene rings is 3. The van der Waals surface area contributed by atoms with Crippen LogP contribution < -0.4 is 5.73 Å².